The number of hydrogen-bond acceptors (Lipinski definition) is 2. The van der Waals surface area contributed by atoms with Crippen molar-refractivity contribution in [2.75, 3.05) is 13.2 Å². The zero-order valence-corrected chi connectivity index (χ0v) is 10.7. The second kappa shape index (κ2) is 6.24. The van der Waals surface area contributed by atoms with Gasteiger partial charge < -0.3 is 15.4 Å². The summed E-state index contributed by atoms with van der Waals surface area (Å²) < 4.78 is 5.61. The molecule has 0 aromatic carbocycles. The van der Waals surface area contributed by atoms with E-state index in [-0.39, 0.29) is 6.03 Å². The van der Waals surface area contributed by atoms with Gasteiger partial charge in [0.05, 0.1) is 6.10 Å². The maximum absolute atomic E-state index is 11.7. The van der Waals surface area contributed by atoms with E-state index in [0.29, 0.717) is 18.1 Å². The molecule has 0 aromatic heterocycles. The first-order valence-corrected chi connectivity index (χ1v) is 6.95. The van der Waals surface area contributed by atoms with Crippen LogP contribution in [0, 0.1) is 5.92 Å². The Morgan fingerprint density at radius 2 is 2.06 bits per heavy atom. The molecule has 2 fully saturated rings. The molecule has 2 N–H and O–H groups in total. The summed E-state index contributed by atoms with van der Waals surface area (Å²) in [7, 11) is 0. The number of hydrogen-bond donors (Lipinski definition) is 2. The fourth-order valence-electron chi connectivity index (χ4n) is 2.91. The summed E-state index contributed by atoms with van der Waals surface area (Å²) in [5.41, 5.74) is 0. The fourth-order valence-corrected chi connectivity index (χ4v) is 2.91. The summed E-state index contributed by atoms with van der Waals surface area (Å²) in [6.07, 6.45) is 7.22. The van der Waals surface area contributed by atoms with Crippen LogP contribution in [0.25, 0.3) is 0 Å². The van der Waals surface area contributed by atoms with E-state index in [2.05, 4.69) is 17.6 Å². The Kier molecular flexibility index (Phi) is 4.66. The van der Waals surface area contributed by atoms with Crippen molar-refractivity contribution in [3.8, 4) is 0 Å². The number of carbonyl (C=O) groups excluding carboxylic acids is 1. The third-order valence-corrected chi connectivity index (χ3v) is 3.96. The first kappa shape index (κ1) is 12.7. The predicted octanol–water partition coefficient (Wildman–Crippen LogP) is 2.04. The summed E-state index contributed by atoms with van der Waals surface area (Å²) in [5.74, 6) is 0.495. The van der Waals surface area contributed by atoms with Crippen LogP contribution >= 0.6 is 0 Å². The first-order chi connectivity index (χ1) is 8.29. The Hall–Kier alpha value is -0.770. The van der Waals surface area contributed by atoms with Gasteiger partial charge in [0.15, 0.2) is 0 Å². The molecule has 1 aliphatic carbocycles. The lowest BCUT2D eigenvalue weighted by atomic mass is 10.00. The summed E-state index contributed by atoms with van der Waals surface area (Å²) in [6, 6.07) is 0.399. The molecular formula is C13H24N2O2. The van der Waals surface area contributed by atoms with Crippen molar-refractivity contribution in [2.45, 2.75) is 57.6 Å². The quantitative estimate of drug-likeness (QED) is 0.790. The van der Waals surface area contributed by atoms with Crippen LogP contribution in [-0.4, -0.2) is 31.3 Å². The monoisotopic (exact) mass is 240 g/mol. The number of ether oxygens (including phenoxy) is 1. The molecule has 1 heterocycles. The molecule has 4 heteroatoms. The summed E-state index contributed by atoms with van der Waals surface area (Å²) in [5, 5.41) is 6.03. The third-order valence-electron chi connectivity index (χ3n) is 3.96. The molecule has 4 nitrogen and oxygen atoms in total. The lowest BCUT2D eigenvalue weighted by Gasteiger charge is -2.18. The average Bonchev–Trinajstić information content (AvgIpc) is 2.96. The largest absolute Gasteiger partial charge is 0.378 e. The van der Waals surface area contributed by atoms with Gasteiger partial charge in [-0.1, -0.05) is 19.8 Å². The first-order valence-electron chi connectivity index (χ1n) is 6.95. The summed E-state index contributed by atoms with van der Waals surface area (Å²) >= 11 is 0. The average molecular weight is 240 g/mol. The minimum absolute atomic E-state index is 0.00125. The lowest BCUT2D eigenvalue weighted by Crippen LogP contribution is -2.43. The molecule has 2 atom stereocenters. The molecule has 2 aliphatic rings. The Balaban J connectivity index is 1.65. The van der Waals surface area contributed by atoms with Crippen molar-refractivity contribution >= 4 is 6.03 Å². The van der Waals surface area contributed by atoms with E-state index in [4.69, 9.17) is 4.74 Å². The van der Waals surface area contributed by atoms with Crippen LogP contribution in [0.15, 0.2) is 0 Å². The molecule has 1 aliphatic heterocycles. The Morgan fingerprint density at radius 1 is 1.29 bits per heavy atom. The minimum Gasteiger partial charge on any atom is -0.378 e. The molecule has 2 amide bonds. The van der Waals surface area contributed by atoms with Gasteiger partial charge in [-0.15, -0.1) is 0 Å². The third kappa shape index (κ3) is 3.60. The van der Waals surface area contributed by atoms with Crippen LogP contribution in [0.1, 0.15) is 45.4 Å². The van der Waals surface area contributed by atoms with Gasteiger partial charge >= 0.3 is 6.03 Å². The van der Waals surface area contributed by atoms with E-state index in [9.17, 15) is 4.79 Å². The van der Waals surface area contributed by atoms with E-state index >= 15 is 0 Å². The number of urea groups is 1. The number of amides is 2. The van der Waals surface area contributed by atoms with E-state index in [1.165, 1.54) is 12.8 Å². The molecule has 98 valence electrons. The minimum atomic E-state index is -0.00125. The highest BCUT2D eigenvalue weighted by molar-refractivity contribution is 5.74. The van der Waals surface area contributed by atoms with Gasteiger partial charge in [-0.05, 0) is 25.7 Å². The van der Waals surface area contributed by atoms with Crippen LogP contribution in [0.3, 0.4) is 0 Å². The molecule has 2 rings (SSSR count). The van der Waals surface area contributed by atoms with Gasteiger partial charge in [0.1, 0.15) is 0 Å². The van der Waals surface area contributed by atoms with Crippen molar-refractivity contribution < 1.29 is 9.53 Å². The highest BCUT2D eigenvalue weighted by Gasteiger charge is 2.27. The van der Waals surface area contributed by atoms with Crippen molar-refractivity contribution in [3.05, 3.63) is 0 Å². The highest BCUT2D eigenvalue weighted by Crippen LogP contribution is 2.22. The van der Waals surface area contributed by atoms with Crippen LogP contribution in [0.2, 0.25) is 0 Å². The van der Waals surface area contributed by atoms with E-state index < -0.39 is 0 Å². The molecule has 0 aromatic rings. The van der Waals surface area contributed by atoms with E-state index in [1.54, 1.807) is 0 Å². The molecule has 1 saturated carbocycles. The van der Waals surface area contributed by atoms with Gasteiger partial charge in [-0.25, -0.2) is 4.79 Å². The van der Waals surface area contributed by atoms with Crippen LogP contribution in [0.4, 0.5) is 4.79 Å². The molecule has 17 heavy (non-hydrogen) atoms. The van der Waals surface area contributed by atoms with Crippen molar-refractivity contribution in [2.24, 2.45) is 5.92 Å². The van der Waals surface area contributed by atoms with Crippen molar-refractivity contribution in [1.82, 2.24) is 10.6 Å². The fraction of sp³-hybridized carbons (Fsp3) is 0.923. The standard InChI is InChI=1S/C13H24N2O2/c1-2-12-10(7-8-17-12)9-14-13(16)15-11-5-3-4-6-11/h10-12H,2-9H2,1H3,(H2,14,15,16). The predicted molar refractivity (Wildman–Crippen MR) is 66.9 cm³/mol. The molecule has 1 saturated heterocycles. The Morgan fingerprint density at radius 3 is 2.76 bits per heavy atom. The van der Waals surface area contributed by atoms with E-state index in [0.717, 1.165) is 38.8 Å². The normalized spacial score (nSPS) is 29.5. The number of carbonyl (C=O) groups is 1. The van der Waals surface area contributed by atoms with Gasteiger partial charge in [0, 0.05) is 25.1 Å². The van der Waals surface area contributed by atoms with Crippen LogP contribution < -0.4 is 10.6 Å². The molecule has 0 bridgehead atoms. The van der Waals surface area contributed by atoms with E-state index in [1.807, 2.05) is 0 Å². The van der Waals surface area contributed by atoms with Gasteiger partial charge in [0.2, 0.25) is 0 Å². The number of nitrogens with one attached hydrogen (secondary N) is 2. The topological polar surface area (TPSA) is 50.4 Å². The number of rotatable bonds is 4. The maximum Gasteiger partial charge on any atom is 0.315 e. The summed E-state index contributed by atoms with van der Waals surface area (Å²) in [6.45, 7) is 3.73. The van der Waals surface area contributed by atoms with Crippen LogP contribution in [0.5, 0.6) is 0 Å². The van der Waals surface area contributed by atoms with Gasteiger partial charge in [0.25, 0.3) is 0 Å². The zero-order valence-electron chi connectivity index (χ0n) is 10.7. The smallest absolute Gasteiger partial charge is 0.315 e. The Labute approximate surface area is 103 Å². The van der Waals surface area contributed by atoms with Crippen molar-refractivity contribution in [3.63, 3.8) is 0 Å². The van der Waals surface area contributed by atoms with Gasteiger partial charge in [-0.3, -0.25) is 0 Å². The maximum atomic E-state index is 11.7. The van der Waals surface area contributed by atoms with Crippen LogP contribution in [-0.2, 0) is 4.74 Å². The second-order valence-corrected chi connectivity index (χ2v) is 5.20. The zero-order chi connectivity index (χ0) is 12.1. The SMILES string of the molecule is CCC1OCCC1CNC(=O)NC1CCCC1. The molecule has 0 radical (unpaired) electrons. The second-order valence-electron chi connectivity index (χ2n) is 5.20. The molecule has 0 spiro atoms. The summed E-state index contributed by atoms with van der Waals surface area (Å²) in [4.78, 5) is 11.7. The lowest BCUT2D eigenvalue weighted by molar-refractivity contribution is 0.0877. The van der Waals surface area contributed by atoms with Crippen molar-refractivity contribution in [1.29, 1.82) is 0 Å². The Bertz CT molecular complexity index is 252. The molecular weight excluding hydrogens is 216 g/mol. The van der Waals surface area contributed by atoms with Gasteiger partial charge in [-0.2, -0.15) is 0 Å². The molecule has 2 unspecified atom stereocenters. The highest BCUT2D eigenvalue weighted by atomic mass is 16.5.